The molecular formula is C14H11ClN4. The second-order valence-corrected chi connectivity index (χ2v) is 4.47. The van der Waals surface area contributed by atoms with E-state index in [9.17, 15) is 0 Å². The van der Waals surface area contributed by atoms with Crippen molar-refractivity contribution in [2.24, 2.45) is 0 Å². The van der Waals surface area contributed by atoms with Crippen LogP contribution in [-0.2, 0) is 0 Å². The summed E-state index contributed by atoms with van der Waals surface area (Å²) in [7, 11) is 0. The van der Waals surface area contributed by atoms with E-state index in [1.165, 1.54) is 0 Å². The highest BCUT2D eigenvalue weighted by atomic mass is 35.5. The van der Waals surface area contributed by atoms with Gasteiger partial charge in [0.15, 0.2) is 0 Å². The lowest BCUT2D eigenvalue weighted by molar-refractivity contribution is 1.22. The lowest BCUT2D eigenvalue weighted by Crippen LogP contribution is -2.01. The molecule has 0 atom stereocenters. The Morgan fingerprint density at radius 1 is 0.947 bits per heavy atom. The SMILES string of the molecule is Nc1nc(Nc2ccccc2)nc2c(Cl)cccc12. The Hall–Kier alpha value is -2.33. The van der Waals surface area contributed by atoms with E-state index in [2.05, 4.69) is 15.3 Å². The molecule has 0 bridgehead atoms. The van der Waals surface area contributed by atoms with Gasteiger partial charge in [-0.15, -0.1) is 0 Å². The standard InChI is InChI=1S/C14H11ClN4/c15-11-8-4-7-10-12(11)18-14(19-13(10)16)17-9-5-2-1-3-6-9/h1-8H,(H3,16,17,18,19). The minimum absolute atomic E-state index is 0.408. The van der Waals surface area contributed by atoms with Crippen molar-refractivity contribution in [2.75, 3.05) is 11.1 Å². The Morgan fingerprint density at radius 2 is 1.74 bits per heavy atom. The highest BCUT2D eigenvalue weighted by Gasteiger charge is 2.07. The number of rotatable bonds is 2. The Bertz CT molecular complexity index is 728. The molecule has 0 fully saturated rings. The summed E-state index contributed by atoms with van der Waals surface area (Å²) in [4.78, 5) is 8.63. The first kappa shape index (κ1) is 11.7. The van der Waals surface area contributed by atoms with Gasteiger partial charge in [-0.25, -0.2) is 4.98 Å². The molecule has 2 aromatic carbocycles. The number of para-hydroxylation sites is 2. The molecule has 0 saturated carbocycles. The van der Waals surface area contributed by atoms with E-state index in [0.717, 1.165) is 11.1 Å². The summed E-state index contributed by atoms with van der Waals surface area (Å²) in [6.07, 6.45) is 0. The molecule has 19 heavy (non-hydrogen) atoms. The first-order valence-electron chi connectivity index (χ1n) is 5.78. The molecule has 5 heteroatoms. The summed E-state index contributed by atoms with van der Waals surface area (Å²) in [5.41, 5.74) is 7.47. The fourth-order valence-corrected chi connectivity index (χ4v) is 2.06. The van der Waals surface area contributed by atoms with Crippen LogP contribution in [0.3, 0.4) is 0 Å². The third-order valence-electron chi connectivity index (χ3n) is 2.74. The van der Waals surface area contributed by atoms with E-state index in [4.69, 9.17) is 17.3 Å². The number of fused-ring (bicyclic) bond motifs is 1. The molecule has 0 spiro atoms. The maximum Gasteiger partial charge on any atom is 0.229 e. The number of halogens is 1. The topological polar surface area (TPSA) is 63.8 Å². The summed E-state index contributed by atoms with van der Waals surface area (Å²) in [5.74, 6) is 0.843. The largest absolute Gasteiger partial charge is 0.383 e. The average Bonchev–Trinajstić information content (AvgIpc) is 2.41. The highest BCUT2D eigenvalue weighted by Crippen LogP contribution is 2.26. The molecule has 0 saturated heterocycles. The molecule has 3 N–H and O–H groups in total. The second kappa shape index (κ2) is 4.74. The second-order valence-electron chi connectivity index (χ2n) is 4.06. The van der Waals surface area contributed by atoms with Gasteiger partial charge in [0.2, 0.25) is 5.95 Å². The van der Waals surface area contributed by atoms with Gasteiger partial charge in [-0.2, -0.15) is 4.98 Å². The van der Waals surface area contributed by atoms with Crippen LogP contribution in [-0.4, -0.2) is 9.97 Å². The number of benzene rings is 2. The smallest absolute Gasteiger partial charge is 0.229 e. The zero-order valence-corrected chi connectivity index (χ0v) is 10.7. The van der Waals surface area contributed by atoms with Crippen LogP contribution in [0.2, 0.25) is 5.02 Å². The highest BCUT2D eigenvalue weighted by molar-refractivity contribution is 6.35. The van der Waals surface area contributed by atoms with Crippen molar-refractivity contribution in [1.29, 1.82) is 0 Å². The van der Waals surface area contributed by atoms with Crippen LogP contribution in [0.1, 0.15) is 0 Å². The number of nitrogen functional groups attached to an aromatic ring is 1. The third-order valence-corrected chi connectivity index (χ3v) is 3.04. The summed E-state index contributed by atoms with van der Waals surface area (Å²) in [5, 5.41) is 4.42. The van der Waals surface area contributed by atoms with Gasteiger partial charge in [0.1, 0.15) is 5.82 Å². The molecule has 1 aromatic heterocycles. The van der Waals surface area contributed by atoms with Crippen molar-refractivity contribution in [2.45, 2.75) is 0 Å². The molecule has 0 aliphatic rings. The first-order valence-corrected chi connectivity index (χ1v) is 6.15. The maximum absolute atomic E-state index is 6.13. The van der Waals surface area contributed by atoms with Gasteiger partial charge in [0.25, 0.3) is 0 Å². The van der Waals surface area contributed by atoms with Crippen molar-refractivity contribution < 1.29 is 0 Å². The molecule has 0 radical (unpaired) electrons. The van der Waals surface area contributed by atoms with Crippen molar-refractivity contribution in [3.63, 3.8) is 0 Å². The van der Waals surface area contributed by atoms with E-state index in [-0.39, 0.29) is 0 Å². The molecule has 0 aliphatic carbocycles. The van der Waals surface area contributed by atoms with Crippen molar-refractivity contribution in [3.05, 3.63) is 53.6 Å². The van der Waals surface area contributed by atoms with Crippen LogP contribution in [0, 0.1) is 0 Å². The Kier molecular flexibility index (Phi) is 2.93. The summed E-state index contributed by atoms with van der Waals surface area (Å²) >= 11 is 6.13. The molecule has 3 rings (SSSR count). The van der Waals surface area contributed by atoms with Crippen LogP contribution < -0.4 is 11.1 Å². The average molecular weight is 271 g/mol. The number of nitrogens with two attached hydrogens (primary N) is 1. The zero-order chi connectivity index (χ0) is 13.2. The maximum atomic E-state index is 6.13. The molecule has 4 nitrogen and oxygen atoms in total. The van der Waals surface area contributed by atoms with Crippen LogP contribution in [0.25, 0.3) is 10.9 Å². The fourth-order valence-electron chi connectivity index (χ4n) is 1.85. The van der Waals surface area contributed by atoms with E-state index in [1.807, 2.05) is 42.5 Å². The van der Waals surface area contributed by atoms with Gasteiger partial charge in [-0.1, -0.05) is 35.9 Å². The monoisotopic (exact) mass is 270 g/mol. The van der Waals surface area contributed by atoms with Crippen LogP contribution in [0.5, 0.6) is 0 Å². The Balaban J connectivity index is 2.08. The Morgan fingerprint density at radius 3 is 2.53 bits per heavy atom. The van der Waals surface area contributed by atoms with Gasteiger partial charge in [0.05, 0.1) is 10.5 Å². The molecule has 0 amide bonds. The van der Waals surface area contributed by atoms with Gasteiger partial charge in [-0.3, -0.25) is 0 Å². The van der Waals surface area contributed by atoms with E-state index in [1.54, 1.807) is 6.07 Å². The minimum Gasteiger partial charge on any atom is -0.383 e. The summed E-state index contributed by atoms with van der Waals surface area (Å²) in [6, 6.07) is 15.1. The van der Waals surface area contributed by atoms with E-state index in [0.29, 0.717) is 22.3 Å². The minimum atomic E-state index is 0.408. The van der Waals surface area contributed by atoms with E-state index >= 15 is 0 Å². The van der Waals surface area contributed by atoms with Crippen molar-refractivity contribution in [3.8, 4) is 0 Å². The van der Waals surface area contributed by atoms with Gasteiger partial charge >= 0.3 is 0 Å². The molecule has 1 heterocycles. The van der Waals surface area contributed by atoms with Gasteiger partial charge in [-0.05, 0) is 24.3 Å². The number of anilines is 3. The van der Waals surface area contributed by atoms with E-state index < -0.39 is 0 Å². The Labute approximate surface area is 115 Å². The lowest BCUT2D eigenvalue weighted by Gasteiger charge is -2.08. The van der Waals surface area contributed by atoms with Crippen LogP contribution >= 0.6 is 11.6 Å². The van der Waals surface area contributed by atoms with Crippen LogP contribution in [0.4, 0.5) is 17.5 Å². The third kappa shape index (κ3) is 2.30. The molecule has 0 aliphatic heterocycles. The zero-order valence-electron chi connectivity index (χ0n) is 9.97. The molecule has 0 unspecified atom stereocenters. The van der Waals surface area contributed by atoms with Crippen LogP contribution in [0.15, 0.2) is 48.5 Å². The summed E-state index contributed by atoms with van der Waals surface area (Å²) < 4.78 is 0. The van der Waals surface area contributed by atoms with Crippen molar-refractivity contribution >= 4 is 40.0 Å². The predicted molar refractivity (Wildman–Crippen MR) is 78.7 cm³/mol. The lowest BCUT2D eigenvalue weighted by atomic mass is 10.2. The quantitative estimate of drug-likeness (QED) is 0.747. The normalized spacial score (nSPS) is 10.6. The number of aromatic nitrogens is 2. The number of nitrogens with zero attached hydrogens (tertiary/aromatic N) is 2. The molecule has 3 aromatic rings. The van der Waals surface area contributed by atoms with Gasteiger partial charge in [0, 0.05) is 11.1 Å². The first-order chi connectivity index (χ1) is 9.24. The summed E-state index contributed by atoms with van der Waals surface area (Å²) in [6.45, 7) is 0. The fraction of sp³-hybridized carbons (Fsp3) is 0. The predicted octanol–water partition coefficient (Wildman–Crippen LogP) is 3.61. The number of nitrogens with one attached hydrogen (secondary N) is 1. The molecular weight excluding hydrogens is 260 g/mol. The number of hydrogen-bond acceptors (Lipinski definition) is 4. The molecule has 94 valence electrons. The van der Waals surface area contributed by atoms with Gasteiger partial charge < -0.3 is 11.1 Å². The van der Waals surface area contributed by atoms with Crippen molar-refractivity contribution in [1.82, 2.24) is 9.97 Å². The number of hydrogen-bond donors (Lipinski definition) is 2.